The van der Waals surface area contributed by atoms with Gasteiger partial charge in [0.05, 0.1) is 39.7 Å². The molecule has 0 radical (unpaired) electrons. The molecule has 6 heteroatoms. The number of aromatic nitrogens is 2. The minimum atomic E-state index is -0.0645. The van der Waals surface area contributed by atoms with Gasteiger partial charge in [-0.1, -0.05) is 163 Å². The van der Waals surface area contributed by atoms with Gasteiger partial charge in [0.1, 0.15) is 24.0 Å². The van der Waals surface area contributed by atoms with Crippen LogP contribution in [0.4, 0.5) is 22.7 Å². The van der Waals surface area contributed by atoms with Crippen molar-refractivity contribution in [1.82, 2.24) is 9.55 Å². The van der Waals surface area contributed by atoms with Crippen LogP contribution in [0.1, 0.15) is 58.2 Å². The van der Waals surface area contributed by atoms with E-state index < -0.39 is 0 Å². The van der Waals surface area contributed by atoms with Crippen LogP contribution in [-0.4, -0.2) is 16.2 Å². The summed E-state index contributed by atoms with van der Waals surface area (Å²) >= 11 is 0. The minimum absolute atomic E-state index is 0.0171. The molecule has 0 aliphatic carbocycles. The highest BCUT2D eigenvalue weighted by Gasteiger charge is 2.34. The van der Waals surface area contributed by atoms with Crippen molar-refractivity contribution in [3.63, 3.8) is 0 Å². The van der Waals surface area contributed by atoms with Crippen LogP contribution in [0, 0.1) is 11.3 Å². The Morgan fingerprint density at radius 1 is 0.493 bits per heavy atom. The fraction of sp³-hybridized carbons (Fsp3) is 0.143. The molecule has 2 aromatic heterocycles. The lowest BCUT2D eigenvalue weighted by Crippen LogP contribution is -2.25. The molecule has 0 atom stereocenters. The number of benzene rings is 8. The lowest BCUT2D eigenvalue weighted by Gasteiger charge is -2.28. The van der Waals surface area contributed by atoms with Gasteiger partial charge in [0, 0.05) is 51.5 Å². The summed E-state index contributed by atoms with van der Waals surface area (Å²) in [7, 11) is 0. The van der Waals surface area contributed by atoms with Gasteiger partial charge >= 0.3 is 0 Å². The van der Waals surface area contributed by atoms with Crippen molar-refractivity contribution < 1.29 is 4.74 Å². The van der Waals surface area contributed by atoms with E-state index in [9.17, 15) is 5.26 Å². The van der Waals surface area contributed by atoms with E-state index in [0.717, 1.165) is 78.4 Å². The molecule has 11 rings (SSSR count). The van der Waals surface area contributed by atoms with E-state index in [1.54, 1.807) is 0 Å². The number of nitriles is 1. The summed E-state index contributed by atoms with van der Waals surface area (Å²) < 4.78 is 9.05. The van der Waals surface area contributed by atoms with Crippen molar-refractivity contribution in [3.05, 3.63) is 217 Å². The molecule has 0 saturated carbocycles. The monoisotopic (exact) mass is 895 g/mol. The third-order valence-corrected chi connectivity index (χ3v) is 13.4. The predicted octanol–water partition coefficient (Wildman–Crippen LogP) is 16.7. The van der Waals surface area contributed by atoms with Gasteiger partial charge in [-0.3, -0.25) is 4.57 Å². The number of rotatable bonds is 8. The fourth-order valence-corrected chi connectivity index (χ4v) is 9.88. The lowest BCUT2D eigenvalue weighted by atomic mass is 9.85. The van der Waals surface area contributed by atoms with Gasteiger partial charge in [0.2, 0.25) is 0 Å². The second-order valence-corrected chi connectivity index (χ2v) is 20.0. The third kappa shape index (κ3) is 7.96. The number of nitrogens with zero attached hydrogens (tertiary/aromatic N) is 5. The van der Waals surface area contributed by atoms with E-state index in [0.29, 0.717) is 18.0 Å². The molecule has 8 aromatic carbocycles. The molecule has 69 heavy (non-hydrogen) atoms. The quantitative estimate of drug-likeness (QED) is 0.152. The Morgan fingerprint density at radius 3 is 1.81 bits per heavy atom. The summed E-state index contributed by atoms with van der Waals surface area (Å²) in [5.74, 6) is 2.24. The maximum atomic E-state index is 9.88. The number of ether oxygens (including phenoxy) is 1. The maximum absolute atomic E-state index is 9.88. The Hall–Kier alpha value is -8.40. The highest BCUT2D eigenvalue weighted by atomic mass is 16.5. The molecule has 0 saturated heterocycles. The van der Waals surface area contributed by atoms with Gasteiger partial charge in [-0.25, -0.2) is 4.98 Å². The van der Waals surface area contributed by atoms with E-state index in [-0.39, 0.29) is 10.8 Å². The molecule has 1 aliphatic heterocycles. The van der Waals surface area contributed by atoms with Crippen molar-refractivity contribution in [1.29, 1.82) is 5.26 Å². The predicted molar refractivity (Wildman–Crippen MR) is 286 cm³/mol. The number of pyridine rings is 1. The van der Waals surface area contributed by atoms with Crippen molar-refractivity contribution in [3.8, 4) is 56.8 Å². The first-order valence-electron chi connectivity index (χ1n) is 23.7. The van der Waals surface area contributed by atoms with Gasteiger partial charge in [-0.05, 0) is 99.3 Å². The average molecular weight is 896 g/mol. The summed E-state index contributed by atoms with van der Waals surface area (Å²) in [5, 5.41) is 11.9. The molecule has 0 fully saturated rings. The van der Waals surface area contributed by atoms with Crippen molar-refractivity contribution in [2.75, 3.05) is 16.5 Å². The summed E-state index contributed by atoms with van der Waals surface area (Å²) in [5.41, 5.74) is 16.4. The Balaban J connectivity index is 1.05. The van der Waals surface area contributed by atoms with E-state index >= 15 is 0 Å². The van der Waals surface area contributed by atoms with Crippen LogP contribution in [0.2, 0.25) is 0 Å². The highest BCUT2D eigenvalue weighted by Crippen LogP contribution is 2.54. The second kappa shape index (κ2) is 17.0. The molecule has 0 amide bonds. The second-order valence-electron chi connectivity index (χ2n) is 20.0. The smallest absolute Gasteiger partial charge is 0.137 e. The van der Waals surface area contributed by atoms with Crippen LogP contribution in [-0.2, 0) is 10.8 Å². The molecule has 10 aromatic rings. The maximum Gasteiger partial charge on any atom is 0.137 e. The molecule has 3 heterocycles. The van der Waals surface area contributed by atoms with E-state index in [2.05, 4.69) is 226 Å². The Kier molecular flexibility index (Phi) is 10.7. The SMILES string of the molecule is CC(C)(C)c1cccc(-c2cccc3c2N(c2c(-c4ccccc4)cccc2-c2ccccc2)CN3c2cccc(Oc3ccc4c5cc(C#N)ccc5n(-c5cc(C(C)(C)C)ccn5)c4c3)c2)c1. The first-order valence-corrected chi connectivity index (χ1v) is 23.7. The Morgan fingerprint density at radius 2 is 1.12 bits per heavy atom. The molecule has 6 nitrogen and oxygen atoms in total. The molecule has 0 N–H and O–H groups in total. The molecule has 0 spiro atoms. The van der Waals surface area contributed by atoms with Gasteiger partial charge < -0.3 is 14.5 Å². The van der Waals surface area contributed by atoms with Crippen LogP contribution in [0.15, 0.2) is 200 Å². The molecular weight excluding hydrogens is 843 g/mol. The first-order chi connectivity index (χ1) is 33.4. The van der Waals surface area contributed by atoms with Gasteiger partial charge in [-0.2, -0.15) is 5.26 Å². The summed E-state index contributed by atoms with van der Waals surface area (Å²) in [6.45, 7) is 14.0. The molecule has 336 valence electrons. The van der Waals surface area contributed by atoms with Crippen LogP contribution in [0.3, 0.4) is 0 Å². The lowest BCUT2D eigenvalue weighted by molar-refractivity contribution is 0.483. The fourth-order valence-electron chi connectivity index (χ4n) is 9.88. The van der Waals surface area contributed by atoms with Gasteiger partial charge in [0.25, 0.3) is 0 Å². The highest BCUT2D eigenvalue weighted by molar-refractivity contribution is 6.10. The first kappa shape index (κ1) is 43.2. The topological polar surface area (TPSA) is 57.3 Å². The van der Waals surface area contributed by atoms with E-state index in [4.69, 9.17) is 9.72 Å². The number of para-hydroxylation sites is 2. The normalized spacial score (nSPS) is 12.7. The zero-order valence-electron chi connectivity index (χ0n) is 39.9. The number of fused-ring (bicyclic) bond motifs is 4. The standard InChI is InChI=1S/C63H53N5O/c1-62(2,3)46-22-13-21-45(36-46)53-27-16-28-57-61(53)67(60-51(43-17-9-7-10-18-43)25-15-26-52(60)44-19-11-8-12-20-44)41-66(57)48-23-14-24-49(38-48)69-50-30-31-54-55-35-42(40-64)29-32-56(55)68(58(54)39-50)59-37-47(33-34-65-59)63(4,5)6/h7-39H,41H2,1-6H3. The third-order valence-electron chi connectivity index (χ3n) is 13.4. The zero-order valence-corrected chi connectivity index (χ0v) is 39.9. The summed E-state index contributed by atoms with van der Waals surface area (Å²) in [6.07, 6.45) is 1.88. The molecule has 0 unspecified atom stereocenters. The summed E-state index contributed by atoms with van der Waals surface area (Å²) in [6, 6.07) is 71.0. The van der Waals surface area contributed by atoms with Gasteiger partial charge in [-0.15, -0.1) is 0 Å². The minimum Gasteiger partial charge on any atom is -0.457 e. The number of anilines is 4. The molecule has 1 aliphatic rings. The Labute approximate surface area is 405 Å². The van der Waals surface area contributed by atoms with Crippen LogP contribution < -0.4 is 14.5 Å². The zero-order chi connectivity index (χ0) is 47.4. The van der Waals surface area contributed by atoms with E-state index in [1.807, 2.05) is 36.5 Å². The van der Waals surface area contributed by atoms with Crippen LogP contribution >= 0.6 is 0 Å². The molecular formula is C63H53N5O. The Bertz CT molecular complexity index is 3550. The molecule has 0 bridgehead atoms. The number of hydrogen-bond acceptors (Lipinski definition) is 5. The number of hydrogen-bond donors (Lipinski definition) is 0. The van der Waals surface area contributed by atoms with Crippen molar-refractivity contribution in [2.24, 2.45) is 0 Å². The van der Waals surface area contributed by atoms with Crippen LogP contribution in [0.5, 0.6) is 11.5 Å². The van der Waals surface area contributed by atoms with Gasteiger partial charge in [0.15, 0.2) is 0 Å². The van der Waals surface area contributed by atoms with E-state index in [1.165, 1.54) is 22.3 Å². The van der Waals surface area contributed by atoms with Crippen molar-refractivity contribution >= 4 is 44.6 Å². The van der Waals surface area contributed by atoms with Crippen molar-refractivity contribution in [2.45, 2.75) is 52.4 Å². The van der Waals surface area contributed by atoms with Crippen LogP contribution in [0.25, 0.3) is 61.0 Å². The largest absolute Gasteiger partial charge is 0.457 e. The summed E-state index contributed by atoms with van der Waals surface area (Å²) in [4.78, 5) is 9.83. The average Bonchev–Trinajstić information content (AvgIpc) is 3.92.